The van der Waals surface area contributed by atoms with Gasteiger partial charge in [-0.05, 0) is 37.3 Å². The van der Waals surface area contributed by atoms with Gasteiger partial charge in [-0.3, -0.25) is 9.20 Å². The van der Waals surface area contributed by atoms with E-state index in [-0.39, 0.29) is 11.9 Å². The Labute approximate surface area is 154 Å². The van der Waals surface area contributed by atoms with Crippen molar-refractivity contribution in [2.24, 2.45) is 0 Å². The molecule has 1 atom stereocenters. The minimum atomic E-state index is -0.253. The number of pyridine rings is 1. The number of nitrogens with zero attached hydrogens (tertiary/aromatic N) is 3. The lowest BCUT2D eigenvalue weighted by atomic mass is 10.3. The molecule has 0 saturated heterocycles. The highest BCUT2D eigenvalue weighted by atomic mass is 35.5. The lowest BCUT2D eigenvalue weighted by Crippen LogP contribution is -2.25. The highest BCUT2D eigenvalue weighted by Crippen LogP contribution is 2.19. The summed E-state index contributed by atoms with van der Waals surface area (Å²) >= 11 is 6.17. The number of amides is 1. The summed E-state index contributed by atoms with van der Waals surface area (Å²) in [6.07, 6.45) is 4.95. The van der Waals surface area contributed by atoms with Gasteiger partial charge in [0.25, 0.3) is 0 Å². The molecule has 1 aromatic carbocycles. The van der Waals surface area contributed by atoms with Gasteiger partial charge in [0, 0.05) is 12.3 Å². The number of carbonyl (C=O) groups is 1. The fourth-order valence-electron chi connectivity index (χ4n) is 2.80. The highest BCUT2D eigenvalue weighted by Gasteiger charge is 2.13. The van der Waals surface area contributed by atoms with Crippen LogP contribution in [0.15, 0.2) is 54.7 Å². The number of nitrogens with one attached hydrogen (secondary N) is 2. The summed E-state index contributed by atoms with van der Waals surface area (Å²) in [6, 6.07) is 13.1. The number of carbonyl (C=O) groups excluding carboxylic acids is 1. The first kappa shape index (κ1) is 16.4. The number of para-hydroxylation sites is 2. The second-order valence-corrected chi connectivity index (χ2v) is 6.28. The van der Waals surface area contributed by atoms with Crippen LogP contribution < -0.4 is 5.32 Å². The second kappa shape index (κ2) is 6.65. The Morgan fingerprint density at radius 2 is 2.04 bits per heavy atom. The van der Waals surface area contributed by atoms with E-state index in [1.165, 1.54) is 6.08 Å². The summed E-state index contributed by atoms with van der Waals surface area (Å²) in [5, 5.41) is 3.25. The second-order valence-electron chi connectivity index (χ2n) is 5.92. The van der Waals surface area contributed by atoms with Crippen LogP contribution in [-0.2, 0) is 4.79 Å². The third-order valence-corrected chi connectivity index (χ3v) is 4.37. The number of aromatic nitrogens is 4. The summed E-state index contributed by atoms with van der Waals surface area (Å²) in [7, 11) is 0. The number of benzene rings is 1. The molecular formula is C19H16ClN5O. The van der Waals surface area contributed by atoms with Gasteiger partial charge in [-0.2, -0.15) is 0 Å². The number of imidazole rings is 2. The third kappa shape index (κ3) is 3.07. The molecule has 0 aliphatic carbocycles. The molecule has 0 spiro atoms. The van der Waals surface area contributed by atoms with Crippen LogP contribution in [0.2, 0.25) is 5.15 Å². The molecule has 4 rings (SSSR count). The molecule has 0 fully saturated rings. The number of rotatable bonds is 4. The zero-order valence-electron chi connectivity index (χ0n) is 14.0. The summed E-state index contributed by atoms with van der Waals surface area (Å²) in [6.45, 7) is 1.88. The summed E-state index contributed by atoms with van der Waals surface area (Å²) in [5.41, 5.74) is 3.20. The van der Waals surface area contributed by atoms with Crippen molar-refractivity contribution in [2.75, 3.05) is 0 Å². The molecule has 0 radical (unpaired) electrons. The smallest absolute Gasteiger partial charge is 0.244 e. The Balaban J connectivity index is 1.50. The number of fused-ring (bicyclic) bond motifs is 2. The first-order chi connectivity index (χ1) is 12.6. The number of aromatic amines is 1. The predicted molar refractivity (Wildman–Crippen MR) is 102 cm³/mol. The van der Waals surface area contributed by atoms with E-state index in [9.17, 15) is 4.79 Å². The van der Waals surface area contributed by atoms with Crippen molar-refractivity contribution in [1.29, 1.82) is 0 Å². The standard InChI is InChI=1S/C19H16ClN5O/c1-12(19-22-13-6-2-3-7-14(13)23-19)21-17(26)10-9-15-18(20)24-16-8-4-5-11-25(15)16/h2-12H,1H3,(H,21,26)(H,22,23)/b10-9+. The zero-order valence-corrected chi connectivity index (χ0v) is 14.7. The maximum atomic E-state index is 12.3. The van der Waals surface area contributed by atoms with Crippen LogP contribution in [0.25, 0.3) is 22.8 Å². The van der Waals surface area contributed by atoms with Gasteiger partial charge in [0.2, 0.25) is 5.91 Å². The first-order valence-corrected chi connectivity index (χ1v) is 8.55. The first-order valence-electron chi connectivity index (χ1n) is 8.17. The lowest BCUT2D eigenvalue weighted by molar-refractivity contribution is -0.117. The van der Waals surface area contributed by atoms with E-state index in [0.717, 1.165) is 16.7 Å². The molecule has 0 saturated carbocycles. The molecule has 1 amide bonds. The molecule has 0 aliphatic rings. The maximum absolute atomic E-state index is 12.3. The molecule has 0 bridgehead atoms. The Hall–Kier alpha value is -3.12. The van der Waals surface area contributed by atoms with Gasteiger partial charge in [-0.15, -0.1) is 0 Å². The van der Waals surface area contributed by atoms with Crippen molar-refractivity contribution < 1.29 is 4.79 Å². The lowest BCUT2D eigenvalue weighted by Gasteiger charge is -2.09. The van der Waals surface area contributed by atoms with Crippen molar-refractivity contribution >= 4 is 40.3 Å². The fraction of sp³-hybridized carbons (Fsp3) is 0.105. The SMILES string of the molecule is CC(NC(=O)/C=C/c1c(Cl)nc2ccccn12)c1nc2ccccc2[nH]1. The van der Waals surface area contributed by atoms with Crippen molar-refractivity contribution in [3.8, 4) is 0 Å². The summed E-state index contributed by atoms with van der Waals surface area (Å²) < 4.78 is 1.83. The van der Waals surface area contributed by atoms with Gasteiger partial charge >= 0.3 is 0 Å². The van der Waals surface area contributed by atoms with E-state index >= 15 is 0 Å². The Bertz CT molecular complexity index is 1090. The average Bonchev–Trinajstić information content (AvgIpc) is 3.20. The van der Waals surface area contributed by atoms with Crippen LogP contribution in [0.1, 0.15) is 24.5 Å². The average molecular weight is 366 g/mol. The molecule has 3 heterocycles. The zero-order chi connectivity index (χ0) is 18.1. The van der Waals surface area contributed by atoms with E-state index < -0.39 is 0 Å². The van der Waals surface area contributed by atoms with E-state index in [2.05, 4.69) is 20.3 Å². The normalized spacial score (nSPS) is 12.8. The van der Waals surface area contributed by atoms with Crippen LogP contribution in [0.4, 0.5) is 0 Å². The van der Waals surface area contributed by atoms with Gasteiger partial charge in [-0.25, -0.2) is 9.97 Å². The van der Waals surface area contributed by atoms with E-state index in [4.69, 9.17) is 11.6 Å². The molecule has 0 aliphatic heterocycles. The van der Waals surface area contributed by atoms with Crippen LogP contribution in [0.5, 0.6) is 0 Å². The predicted octanol–water partition coefficient (Wildman–Crippen LogP) is 3.75. The highest BCUT2D eigenvalue weighted by molar-refractivity contribution is 6.31. The van der Waals surface area contributed by atoms with Gasteiger partial charge in [0.15, 0.2) is 5.15 Å². The monoisotopic (exact) mass is 365 g/mol. The number of hydrogen-bond acceptors (Lipinski definition) is 3. The number of halogens is 1. The molecule has 6 nitrogen and oxygen atoms in total. The van der Waals surface area contributed by atoms with Gasteiger partial charge in [0.1, 0.15) is 11.5 Å². The molecule has 2 N–H and O–H groups in total. The minimum Gasteiger partial charge on any atom is -0.343 e. The fourth-order valence-corrected chi connectivity index (χ4v) is 3.04. The molecule has 130 valence electrons. The number of hydrogen-bond donors (Lipinski definition) is 2. The van der Waals surface area contributed by atoms with Crippen LogP contribution in [0.3, 0.4) is 0 Å². The van der Waals surface area contributed by atoms with Crippen LogP contribution in [0, 0.1) is 0 Å². The topological polar surface area (TPSA) is 75.1 Å². The molecule has 7 heteroatoms. The largest absolute Gasteiger partial charge is 0.343 e. The molecule has 4 aromatic rings. The molecule has 3 aromatic heterocycles. The van der Waals surface area contributed by atoms with Gasteiger partial charge in [0.05, 0.1) is 22.8 Å². The Kier molecular flexibility index (Phi) is 4.18. The molecular weight excluding hydrogens is 350 g/mol. The third-order valence-electron chi connectivity index (χ3n) is 4.09. The molecule has 1 unspecified atom stereocenters. The van der Waals surface area contributed by atoms with Gasteiger partial charge in [-0.1, -0.05) is 29.8 Å². The Morgan fingerprint density at radius 3 is 2.88 bits per heavy atom. The van der Waals surface area contributed by atoms with Crippen molar-refractivity contribution in [3.05, 3.63) is 71.4 Å². The van der Waals surface area contributed by atoms with Crippen molar-refractivity contribution in [3.63, 3.8) is 0 Å². The summed E-state index contributed by atoms with van der Waals surface area (Å²) in [4.78, 5) is 24.2. The van der Waals surface area contributed by atoms with E-state index in [0.29, 0.717) is 16.7 Å². The number of H-pyrrole nitrogens is 1. The molecule has 26 heavy (non-hydrogen) atoms. The maximum Gasteiger partial charge on any atom is 0.244 e. The van der Waals surface area contributed by atoms with Crippen LogP contribution in [-0.4, -0.2) is 25.3 Å². The van der Waals surface area contributed by atoms with Crippen molar-refractivity contribution in [1.82, 2.24) is 24.7 Å². The minimum absolute atomic E-state index is 0.236. The van der Waals surface area contributed by atoms with E-state index in [1.807, 2.05) is 60.0 Å². The summed E-state index contributed by atoms with van der Waals surface area (Å²) in [5.74, 6) is 0.473. The van der Waals surface area contributed by atoms with Crippen LogP contribution >= 0.6 is 11.6 Å². The quantitative estimate of drug-likeness (QED) is 0.541. The van der Waals surface area contributed by atoms with Crippen molar-refractivity contribution in [2.45, 2.75) is 13.0 Å². The van der Waals surface area contributed by atoms with Gasteiger partial charge < -0.3 is 10.3 Å². The Morgan fingerprint density at radius 1 is 1.23 bits per heavy atom. The van der Waals surface area contributed by atoms with E-state index in [1.54, 1.807) is 6.08 Å².